The molecule has 2 bridgehead atoms. The maximum Gasteiger partial charge on any atom is 0.261 e. The van der Waals surface area contributed by atoms with E-state index in [0.29, 0.717) is 5.69 Å². The van der Waals surface area contributed by atoms with Gasteiger partial charge in [0.25, 0.3) is 9.05 Å². The Labute approximate surface area is 131 Å². The van der Waals surface area contributed by atoms with Crippen molar-refractivity contribution in [2.45, 2.75) is 23.2 Å². The van der Waals surface area contributed by atoms with Gasteiger partial charge in [0, 0.05) is 33.6 Å². The average Bonchev–Trinajstić information content (AvgIpc) is 3.12. The average molecular weight is 338 g/mol. The van der Waals surface area contributed by atoms with E-state index in [-0.39, 0.29) is 28.5 Å². The molecule has 0 amide bonds. The Kier molecular flexibility index (Phi) is 2.68. The van der Waals surface area contributed by atoms with Crippen molar-refractivity contribution in [2.75, 3.05) is 0 Å². The standard InChI is InChI=1S/C15H12ClNO4S/c16-22(20,21)11-5-3-10(4-6-11)17-14(18)12-8-1-2-9(7-8)13(12)15(17)19/h1-6,8-9,18-19H,7H2/t8-,9?/m0/s1. The number of nitrogens with zero attached hydrogens (tertiary/aromatic N) is 1. The van der Waals surface area contributed by atoms with Crippen LogP contribution >= 0.6 is 10.7 Å². The fraction of sp³-hybridized carbons (Fsp3) is 0.200. The zero-order valence-corrected chi connectivity index (χ0v) is 12.8. The lowest BCUT2D eigenvalue weighted by Gasteiger charge is -2.10. The van der Waals surface area contributed by atoms with Crippen molar-refractivity contribution in [1.82, 2.24) is 4.57 Å². The first-order chi connectivity index (χ1) is 10.4. The van der Waals surface area contributed by atoms with Crippen LogP contribution in [0.25, 0.3) is 5.69 Å². The molecular weight excluding hydrogens is 326 g/mol. The van der Waals surface area contributed by atoms with Crippen LogP contribution in [0.2, 0.25) is 0 Å². The van der Waals surface area contributed by atoms with Crippen molar-refractivity contribution in [3.8, 4) is 17.4 Å². The van der Waals surface area contributed by atoms with Crippen molar-refractivity contribution in [3.05, 3.63) is 47.5 Å². The molecule has 1 aromatic carbocycles. The summed E-state index contributed by atoms with van der Waals surface area (Å²) in [5.74, 6) is 0.279. The van der Waals surface area contributed by atoms with Crippen molar-refractivity contribution in [1.29, 1.82) is 0 Å². The summed E-state index contributed by atoms with van der Waals surface area (Å²) in [6.45, 7) is 0. The maximum atomic E-state index is 11.3. The molecule has 1 heterocycles. The van der Waals surface area contributed by atoms with Gasteiger partial charge >= 0.3 is 0 Å². The van der Waals surface area contributed by atoms with Crippen molar-refractivity contribution in [3.63, 3.8) is 0 Å². The van der Waals surface area contributed by atoms with Crippen molar-refractivity contribution < 1.29 is 18.6 Å². The van der Waals surface area contributed by atoms with E-state index < -0.39 is 9.05 Å². The number of halogens is 1. The minimum Gasteiger partial charge on any atom is -0.494 e. The molecule has 114 valence electrons. The summed E-state index contributed by atoms with van der Waals surface area (Å²) in [4.78, 5) is -0.0293. The summed E-state index contributed by atoms with van der Waals surface area (Å²) in [5.41, 5.74) is 2.01. The second-order valence-corrected chi connectivity index (χ2v) is 8.14. The Morgan fingerprint density at radius 2 is 1.50 bits per heavy atom. The minimum atomic E-state index is -3.80. The van der Waals surface area contributed by atoms with Gasteiger partial charge in [0.05, 0.1) is 10.6 Å². The number of aromatic nitrogens is 1. The quantitative estimate of drug-likeness (QED) is 0.652. The lowest BCUT2D eigenvalue weighted by molar-refractivity contribution is 0.395. The number of rotatable bonds is 2. The van der Waals surface area contributed by atoms with Gasteiger partial charge in [-0.25, -0.2) is 8.42 Å². The summed E-state index contributed by atoms with van der Waals surface area (Å²) in [6.07, 6.45) is 4.97. The van der Waals surface area contributed by atoms with E-state index in [1.807, 2.05) is 12.2 Å². The van der Waals surface area contributed by atoms with Crippen LogP contribution in [-0.4, -0.2) is 23.2 Å². The highest BCUT2D eigenvalue weighted by Crippen LogP contribution is 2.57. The minimum absolute atomic E-state index is 0.00540. The lowest BCUT2D eigenvalue weighted by atomic mass is 10.0. The summed E-state index contributed by atoms with van der Waals surface area (Å²) in [7, 11) is 1.49. The SMILES string of the molecule is O=S(=O)(Cl)c1ccc(-n2c(O)c3c(c2O)[C@H]2C=CC3C2)cc1. The molecule has 0 saturated heterocycles. The number of hydrogen-bond donors (Lipinski definition) is 2. The second kappa shape index (κ2) is 4.30. The third kappa shape index (κ3) is 1.74. The molecule has 0 saturated carbocycles. The van der Waals surface area contributed by atoms with E-state index in [4.69, 9.17) is 10.7 Å². The predicted octanol–water partition coefficient (Wildman–Crippen LogP) is 2.96. The fourth-order valence-corrected chi connectivity index (χ4v) is 4.21. The largest absolute Gasteiger partial charge is 0.494 e. The molecule has 0 aliphatic heterocycles. The topological polar surface area (TPSA) is 79.5 Å². The first-order valence-corrected chi connectivity index (χ1v) is 9.08. The molecule has 2 atom stereocenters. The zero-order valence-electron chi connectivity index (χ0n) is 11.3. The van der Waals surface area contributed by atoms with Crippen LogP contribution in [-0.2, 0) is 9.05 Å². The normalized spacial score (nSPS) is 22.2. The van der Waals surface area contributed by atoms with Crippen LogP contribution < -0.4 is 0 Å². The van der Waals surface area contributed by atoms with Gasteiger partial charge in [0.2, 0.25) is 11.8 Å². The van der Waals surface area contributed by atoms with Crippen LogP contribution in [0.4, 0.5) is 0 Å². The highest BCUT2D eigenvalue weighted by Gasteiger charge is 2.41. The Hall–Kier alpha value is -1.92. The molecule has 7 heteroatoms. The molecule has 1 unspecified atom stereocenters. The smallest absolute Gasteiger partial charge is 0.261 e. The number of benzene rings is 1. The van der Waals surface area contributed by atoms with E-state index in [2.05, 4.69) is 0 Å². The molecule has 1 aromatic heterocycles. The molecule has 2 aliphatic rings. The first kappa shape index (κ1) is 13.7. The van der Waals surface area contributed by atoms with E-state index in [1.165, 1.54) is 28.8 Å². The number of aromatic hydroxyl groups is 2. The number of allylic oxidation sites excluding steroid dienone is 2. The molecule has 0 fully saturated rings. The van der Waals surface area contributed by atoms with Crippen molar-refractivity contribution >= 4 is 19.7 Å². The van der Waals surface area contributed by atoms with E-state index >= 15 is 0 Å². The Morgan fingerprint density at radius 1 is 1.00 bits per heavy atom. The molecule has 2 aliphatic carbocycles. The molecular formula is C15H12ClNO4S. The van der Waals surface area contributed by atoms with Gasteiger partial charge in [-0.05, 0) is 30.7 Å². The first-order valence-electron chi connectivity index (χ1n) is 6.78. The Bertz CT molecular complexity index is 877. The van der Waals surface area contributed by atoms with E-state index in [1.54, 1.807) is 0 Å². The van der Waals surface area contributed by atoms with E-state index in [9.17, 15) is 18.6 Å². The molecule has 0 spiro atoms. The highest BCUT2D eigenvalue weighted by molar-refractivity contribution is 8.13. The molecule has 5 nitrogen and oxygen atoms in total. The van der Waals surface area contributed by atoms with Gasteiger partial charge in [0.15, 0.2) is 0 Å². The molecule has 22 heavy (non-hydrogen) atoms. The predicted molar refractivity (Wildman–Crippen MR) is 81.4 cm³/mol. The van der Waals surface area contributed by atoms with Crippen molar-refractivity contribution in [2.24, 2.45) is 0 Å². The third-order valence-corrected chi connectivity index (χ3v) is 5.77. The van der Waals surface area contributed by atoms with Crippen LogP contribution in [0.1, 0.15) is 29.4 Å². The second-order valence-electron chi connectivity index (χ2n) is 5.58. The van der Waals surface area contributed by atoms with Gasteiger partial charge in [-0.2, -0.15) is 0 Å². The van der Waals surface area contributed by atoms with Gasteiger partial charge in [0.1, 0.15) is 0 Å². The van der Waals surface area contributed by atoms with Gasteiger partial charge in [-0.3, -0.25) is 4.57 Å². The zero-order chi connectivity index (χ0) is 15.6. The molecule has 2 aromatic rings. The molecule has 4 rings (SSSR count). The van der Waals surface area contributed by atoms with Crippen LogP contribution in [0.15, 0.2) is 41.3 Å². The summed E-state index contributed by atoms with van der Waals surface area (Å²) >= 11 is 0. The monoisotopic (exact) mass is 337 g/mol. The van der Waals surface area contributed by atoms with Gasteiger partial charge in [-0.15, -0.1) is 0 Å². The third-order valence-electron chi connectivity index (χ3n) is 4.40. The summed E-state index contributed by atoms with van der Waals surface area (Å²) in [6, 6.07) is 5.68. The highest BCUT2D eigenvalue weighted by atomic mass is 35.7. The fourth-order valence-electron chi connectivity index (χ4n) is 3.44. The van der Waals surface area contributed by atoms with Crippen LogP contribution in [0.3, 0.4) is 0 Å². The Morgan fingerprint density at radius 3 is 1.95 bits per heavy atom. The van der Waals surface area contributed by atoms with E-state index in [0.717, 1.165) is 17.5 Å². The molecule has 2 N–H and O–H groups in total. The van der Waals surface area contributed by atoms with Gasteiger partial charge < -0.3 is 10.2 Å². The summed E-state index contributed by atoms with van der Waals surface area (Å²) in [5, 5.41) is 20.9. The molecule has 0 radical (unpaired) electrons. The number of hydrogen-bond acceptors (Lipinski definition) is 4. The van der Waals surface area contributed by atoms with Crippen LogP contribution in [0.5, 0.6) is 11.8 Å². The lowest BCUT2D eigenvalue weighted by Crippen LogP contribution is -1.97. The maximum absolute atomic E-state index is 11.3. The van der Waals surface area contributed by atoms with Gasteiger partial charge in [-0.1, -0.05) is 12.2 Å². The van der Waals surface area contributed by atoms with Crippen LogP contribution in [0, 0.1) is 0 Å². The Balaban J connectivity index is 1.85. The number of fused-ring (bicyclic) bond motifs is 5. The summed E-state index contributed by atoms with van der Waals surface area (Å²) < 4.78 is 23.9.